The molecule has 0 spiro atoms. The molecule has 0 atom stereocenters. The molecule has 0 aromatic carbocycles. The molecular weight excluding hydrogens is 423 g/mol. The Balaban J connectivity index is 0.00000484. The molecule has 0 bridgehead atoms. The van der Waals surface area contributed by atoms with E-state index in [0.29, 0.717) is 0 Å². The van der Waals surface area contributed by atoms with Crippen LogP contribution in [0.4, 0.5) is 0 Å². The lowest BCUT2D eigenvalue weighted by atomic mass is 10.1. The topological polar surface area (TPSA) is 67.1 Å². The summed E-state index contributed by atoms with van der Waals surface area (Å²) in [6, 6.07) is 0. The third-order valence-corrected chi connectivity index (χ3v) is 3.62. The van der Waals surface area contributed by atoms with Crippen LogP contribution in [0, 0.1) is 0 Å². The molecule has 1 heterocycles. The second kappa shape index (κ2) is 11.9. The third kappa shape index (κ3) is 10.1. The molecule has 0 aliphatic heterocycles. The van der Waals surface area contributed by atoms with Gasteiger partial charge in [-0.2, -0.15) is 11.8 Å². The zero-order valence-corrected chi connectivity index (χ0v) is 18.1. The fourth-order valence-corrected chi connectivity index (χ4v) is 2.35. The van der Waals surface area contributed by atoms with Crippen LogP contribution < -0.4 is 10.6 Å². The highest BCUT2D eigenvalue weighted by atomic mass is 127. The van der Waals surface area contributed by atoms with Crippen molar-refractivity contribution in [1.29, 1.82) is 0 Å². The summed E-state index contributed by atoms with van der Waals surface area (Å²) in [7, 11) is 0. The first-order valence-corrected chi connectivity index (χ1v) is 9.27. The lowest BCUT2D eigenvalue weighted by Crippen LogP contribution is -2.48. The average Bonchev–Trinajstić information content (AvgIpc) is 2.89. The Morgan fingerprint density at radius 2 is 2.13 bits per heavy atom. The molecule has 2 N–H and O–H groups in total. The first-order chi connectivity index (χ1) is 10.5. The molecule has 134 valence electrons. The maximum absolute atomic E-state index is 4.65. The number of aryl methyl sites for hydroxylation is 1. The van der Waals surface area contributed by atoms with Crippen LogP contribution in [0.5, 0.6) is 0 Å². The van der Waals surface area contributed by atoms with Crippen molar-refractivity contribution in [3.05, 3.63) is 12.2 Å². The van der Waals surface area contributed by atoms with Crippen molar-refractivity contribution in [3.8, 4) is 0 Å². The lowest BCUT2D eigenvalue weighted by molar-refractivity contribution is 0.498. The Bertz CT molecular complexity index is 455. The van der Waals surface area contributed by atoms with Gasteiger partial charge in [0, 0.05) is 31.6 Å². The zero-order valence-electron chi connectivity index (χ0n) is 14.9. The fourth-order valence-electron chi connectivity index (χ4n) is 1.93. The average molecular weight is 454 g/mol. The van der Waals surface area contributed by atoms with Gasteiger partial charge in [0.25, 0.3) is 0 Å². The van der Waals surface area contributed by atoms with Crippen molar-refractivity contribution in [2.45, 2.75) is 52.6 Å². The predicted molar refractivity (Wildman–Crippen MR) is 111 cm³/mol. The standard InChI is InChI=1S/C15H30N6S.HI/c1-6-13-20-18-12-21(13)10-9-17-14(19-15(2,3)4)16-8-7-11-22-5;/h12H,6-11H2,1-5H3,(H2,16,17,19);1H. The highest BCUT2D eigenvalue weighted by molar-refractivity contribution is 14.0. The number of aromatic nitrogens is 3. The summed E-state index contributed by atoms with van der Waals surface area (Å²) in [5.74, 6) is 3.04. The summed E-state index contributed by atoms with van der Waals surface area (Å²) in [5, 5.41) is 14.9. The van der Waals surface area contributed by atoms with E-state index in [2.05, 4.69) is 64.3 Å². The van der Waals surface area contributed by atoms with Gasteiger partial charge in [-0.05, 0) is 39.2 Å². The van der Waals surface area contributed by atoms with Crippen LogP contribution in [0.3, 0.4) is 0 Å². The van der Waals surface area contributed by atoms with Gasteiger partial charge in [0.05, 0.1) is 0 Å². The summed E-state index contributed by atoms with van der Waals surface area (Å²) in [6.45, 7) is 11.0. The van der Waals surface area contributed by atoms with Gasteiger partial charge in [-0.15, -0.1) is 34.2 Å². The molecular formula is C15H31IN6S. The quantitative estimate of drug-likeness (QED) is 0.274. The zero-order chi connectivity index (χ0) is 16.4. The number of guanidine groups is 1. The van der Waals surface area contributed by atoms with Gasteiger partial charge < -0.3 is 15.2 Å². The van der Waals surface area contributed by atoms with Gasteiger partial charge in [-0.25, -0.2) is 0 Å². The van der Waals surface area contributed by atoms with Gasteiger partial charge in [0.1, 0.15) is 12.2 Å². The van der Waals surface area contributed by atoms with Crippen LogP contribution in [-0.2, 0) is 13.0 Å². The molecule has 1 aromatic rings. The second-order valence-corrected chi connectivity index (χ2v) is 7.16. The van der Waals surface area contributed by atoms with E-state index in [1.807, 2.05) is 11.8 Å². The SMILES string of the molecule is CCc1nncn1CCNC(=NCCCSC)NC(C)(C)C.I. The largest absolute Gasteiger partial charge is 0.355 e. The molecule has 0 radical (unpaired) electrons. The van der Waals surface area contributed by atoms with E-state index in [4.69, 9.17) is 0 Å². The number of hydrogen-bond donors (Lipinski definition) is 2. The van der Waals surface area contributed by atoms with Crippen molar-refractivity contribution < 1.29 is 0 Å². The van der Waals surface area contributed by atoms with Crippen molar-refractivity contribution in [1.82, 2.24) is 25.4 Å². The van der Waals surface area contributed by atoms with Gasteiger partial charge in [0.2, 0.25) is 0 Å². The molecule has 6 nitrogen and oxygen atoms in total. The first-order valence-electron chi connectivity index (χ1n) is 7.88. The molecule has 0 saturated carbocycles. The molecule has 0 saturated heterocycles. The second-order valence-electron chi connectivity index (χ2n) is 6.17. The minimum atomic E-state index is -0.00349. The van der Waals surface area contributed by atoms with Crippen molar-refractivity contribution >= 4 is 41.7 Å². The van der Waals surface area contributed by atoms with Crippen molar-refractivity contribution in [2.24, 2.45) is 4.99 Å². The smallest absolute Gasteiger partial charge is 0.191 e. The van der Waals surface area contributed by atoms with E-state index >= 15 is 0 Å². The fraction of sp³-hybridized carbons (Fsp3) is 0.800. The minimum absolute atomic E-state index is 0. The summed E-state index contributed by atoms with van der Waals surface area (Å²) in [5.41, 5.74) is -0.00349. The molecule has 0 aliphatic carbocycles. The van der Waals surface area contributed by atoms with E-state index in [1.54, 1.807) is 6.33 Å². The van der Waals surface area contributed by atoms with E-state index in [1.165, 1.54) is 0 Å². The first kappa shape index (κ1) is 22.5. The van der Waals surface area contributed by atoms with Crippen LogP contribution in [-0.4, -0.2) is 51.4 Å². The third-order valence-electron chi connectivity index (χ3n) is 2.93. The highest BCUT2D eigenvalue weighted by Gasteiger charge is 2.12. The molecule has 0 aliphatic rings. The monoisotopic (exact) mass is 454 g/mol. The Morgan fingerprint density at radius 1 is 1.39 bits per heavy atom. The van der Waals surface area contributed by atoms with E-state index < -0.39 is 0 Å². The lowest BCUT2D eigenvalue weighted by Gasteiger charge is -2.24. The van der Waals surface area contributed by atoms with Gasteiger partial charge in [-0.1, -0.05) is 6.92 Å². The predicted octanol–water partition coefficient (Wildman–Crippen LogP) is 2.55. The van der Waals surface area contributed by atoms with Gasteiger partial charge in [0.15, 0.2) is 5.96 Å². The van der Waals surface area contributed by atoms with Crippen molar-refractivity contribution in [3.63, 3.8) is 0 Å². The van der Waals surface area contributed by atoms with Crippen LogP contribution in [0.1, 0.15) is 39.9 Å². The Hall–Kier alpha value is -0.510. The Kier molecular flexibility index (Phi) is 11.7. The van der Waals surface area contributed by atoms with Crippen LogP contribution in [0.25, 0.3) is 0 Å². The summed E-state index contributed by atoms with van der Waals surface area (Å²) < 4.78 is 2.08. The summed E-state index contributed by atoms with van der Waals surface area (Å²) in [6.07, 6.45) is 5.91. The van der Waals surface area contributed by atoms with Crippen LogP contribution in [0.15, 0.2) is 11.3 Å². The maximum Gasteiger partial charge on any atom is 0.191 e. The number of halogens is 1. The molecule has 0 amide bonds. The molecule has 23 heavy (non-hydrogen) atoms. The highest BCUT2D eigenvalue weighted by Crippen LogP contribution is 2.00. The van der Waals surface area contributed by atoms with Crippen LogP contribution >= 0.6 is 35.7 Å². The molecule has 0 unspecified atom stereocenters. The van der Waals surface area contributed by atoms with E-state index in [9.17, 15) is 0 Å². The van der Waals surface area contributed by atoms with Gasteiger partial charge >= 0.3 is 0 Å². The number of nitrogens with zero attached hydrogens (tertiary/aromatic N) is 4. The number of rotatable bonds is 8. The van der Waals surface area contributed by atoms with Crippen molar-refractivity contribution in [2.75, 3.05) is 25.1 Å². The minimum Gasteiger partial charge on any atom is -0.355 e. The molecule has 1 rings (SSSR count). The maximum atomic E-state index is 4.65. The molecule has 1 aromatic heterocycles. The number of nitrogens with one attached hydrogen (secondary N) is 2. The number of aliphatic imine (C=N–C) groups is 1. The Morgan fingerprint density at radius 3 is 2.74 bits per heavy atom. The molecule has 8 heteroatoms. The van der Waals surface area contributed by atoms with Crippen LogP contribution in [0.2, 0.25) is 0 Å². The number of hydrogen-bond acceptors (Lipinski definition) is 4. The molecule has 0 fully saturated rings. The number of thioether (sulfide) groups is 1. The van der Waals surface area contributed by atoms with E-state index in [-0.39, 0.29) is 29.5 Å². The van der Waals surface area contributed by atoms with E-state index in [0.717, 1.165) is 50.0 Å². The summed E-state index contributed by atoms with van der Waals surface area (Å²) in [4.78, 5) is 4.65. The summed E-state index contributed by atoms with van der Waals surface area (Å²) >= 11 is 1.86. The Labute approximate surface area is 161 Å². The van der Waals surface area contributed by atoms with Gasteiger partial charge in [-0.3, -0.25) is 4.99 Å². The normalized spacial score (nSPS) is 12.0.